The summed E-state index contributed by atoms with van der Waals surface area (Å²) in [7, 11) is 0. The Labute approximate surface area is 138 Å². The Kier molecular flexibility index (Phi) is 4.84. The first kappa shape index (κ1) is 15.8. The predicted molar refractivity (Wildman–Crippen MR) is 98.5 cm³/mol. The summed E-state index contributed by atoms with van der Waals surface area (Å²) in [5, 5.41) is 7.10. The summed E-state index contributed by atoms with van der Waals surface area (Å²) in [6, 6.07) is 13.5. The van der Waals surface area contributed by atoms with Gasteiger partial charge in [-0.05, 0) is 55.2 Å². The molecule has 4 heteroatoms. The fourth-order valence-electron chi connectivity index (χ4n) is 2.80. The van der Waals surface area contributed by atoms with Gasteiger partial charge in [-0.15, -0.1) is 0 Å². The SMILES string of the molecule is CCNc1ccc(CN)cc1-c1cc(CN)ccc1NC1CC1. The van der Waals surface area contributed by atoms with Crippen LogP contribution >= 0.6 is 0 Å². The number of hydrogen-bond donors (Lipinski definition) is 4. The molecular weight excluding hydrogens is 284 g/mol. The van der Waals surface area contributed by atoms with Crippen LogP contribution in [0.25, 0.3) is 11.1 Å². The highest BCUT2D eigenvalue weighted by Crippen LogP contribution is 2.37. The Morgan fingerprint density at radius 2 is 1.48 bits per heavy atom. The molecule has 6 N–H and O–H groups in total. The zero-order valence-electron chi connectivity index (χ0n) is 13.7. The van der Waals surface area contributed by atoms with Gasteiger partial charge in [0.15, 0.2) is 0 Å². The Hall–Kier alpha value is -2.04. The van der Waals surface area contributed by atoms with Crippen LogP contribution in [0.2, 0.25) is 0 Å². The lowest BCUT2D eigenvalue weighted by Gasteiger charge is -2.18. The van der Waals surface area contributed by atoms with Crippen LogP contribution in [0.5, 0.6) is 0 Å². The van der Waals surface area contributed by atoms with Gasteiger partial charge in [0.25, 0.3) is 0 Å². The zero-order chi connectivity index (χ0) is 16.2. The van der Waals surface area contributed by atoms with Gasteiger partial charge < -0.3 is 22.1 Å². The van der Waals surface area contributed by atoms with Gasteiger partial charge in [-0.3, -0.25) is 0 Å². The van der Waals surface area contributed by atoms with E-state index in [0.29, 0.717) is 19.1 Å². The molecular formula is C19H26N4. The molecule has 2 aromatic carbocycles. The molecule has 0 spiro atoms. The highest BCUT2D eigenvalue weighted by molar-refractivity contribution is 5.87. The fraction of sp³-hybridized carbons (Fsp3) is 0.368. The maximum absolute atomic E-state index is 5.86. The van der Waals surface area contributed by atoms with Gasteiger partial charge in [-0.25, -0.2) is 0 Å². The van der Waals surface area contributed by atoms with Crippen molar-refractivity contribution in [2.75, 3.05) is 17.2 Å². The minimum atomic E-state index is 0.543. The monoisotopic (exact) mass is 310 g/mol. The van der Waals surface area contributed by atoms with Gasteiger partial charge in [-0.1, -0.05) is 12.1 Å². The van der Waals surface area contributed by atoms with Crippen molar-refractivity contribution in [3.05, 3.63) is 47.5 Å². The molecule has 122 valence electrons. The van der Waals surface area contributed by atoms with Crippen molar-refractivity contribution in [3.63, 3.8) is 0 Å². The first-order valence-corrected chi connectivity index (χ1v) is 8.42. The minimum Gasteiger partial charge on any atom is -0.385 e. The number of nitrogens with one attached hydrogen (secondary N) is 2. The molecule has 2 aromatic rings. The van der Waals surface area contributed by atoms with Crippen LogP contribution in [0.1, 0.15) is 30.9 Å². The molecule has 1 aliphatic carbocycles. The van der Waals surface area contributed by atoms with Crippen LogP contribution in [0.4, 0.5) is 11.4 Å². The Bertz CT molecular complexity index is 677. The lowest BCUT2D eigenvalue weighted by Crippen LogP contribution is -2.06. The number of hydrogen-bond acceptors (Lipinski definition) is 4. The van der Waals surface area contributed by atoms with Gasteiger partial charge in [0.05, 0.1) is 0 Å². The topological polar surface area (TPSA) is 76.1 Å². The summed E-state index contributed by atoms with van der Waals surface area (Å²) in [4.78, 5) is 0. The fourth-order valence-corrected chi connectivity index (χ4v) is 2.80. The van der Waals surface area contributed by atoms with Crippen molar-refractivity contribution < 1.29 is 0 Å². The normalized spacial score (nSPS) is 13.9. The van der Waals surface area contributed by atoms with Gasteiger partial charge in [-0.2, -0.15) is 0 Å². The summed E-state index contributed by atoms with van der Waals surface area (Å²) in [6.45, 7) is 4.09. The number of anilines is 2. The summed E-state index contributed by atoms with van der Waals surface area (Å²) >= 11 is 0. The van der Waals surface area contributed by atoms with E-state index in [9.17, 15) is 0 Å². The molecule has 0 atom stereocenters. The highest BCUT2D eigenvalue weighted by Gasteiger charge is 2.22. The van der Waals surface area contributed by atoms with Gasteiger partial charge in [0, 0.05) is 48.2 Å². The Morgan fingerprint density at radius 1 is 0.913 bits per heavy atom. The smallest absolute Gasteiger partial charge is 0.0423 e. The molecule has 1 saturated carbocycles. The maximum atomic E-state index is 5.86. The van der Waals surface area contributed by atoms with Crippen molar-refractivity contribution in [1.82, 2.24) is 0 Å². The predicted octanol–water partition coefficient (Wildman–Crippen LogP) is 3.28. The minimum absolute atomic E-state index is 0.543. The second-order valence-electron chi connectivity index (χ2n) is 6.12. The van der Waals surface area contributed by atoms with E-state index in [1.54, 1.807) is 0 Å². The van der Waals surface area contributed by atoms with Crippen molar-refractivity contribution in [2.24, 2.45) is 11.5 Å². The van der Waals surface area contributed by atoms with Gasteiger partial charge >= 0.3 is 0 Å². The van der Waals surface area contributed by atoms with Crippen molar-refractivity contribution in [2.45, 2.75) is 38.9 Å². The summed E-state index contributed by atoms with van der Waals surface area (Å²) in [5.74, 6) is 0. The molecule has 1 aliphatic rings. The first-order valence-electron chi connectivity index (χ1n) is 8.42. The van der Waals surface area contributed by atoms with E-state index < -0.39 is 0 Å². The van der Waals surface area contributed by atoms with Crippen LogP contribution in [-0.4, -0.2) is 12.6 Å². The number of rotatable bonds is 7. The molecule has 1 fully saturated rings. The van der Waals surface area contributed by atoms with Crippen molar-refractivity contribution in [1.29, 1.82) is 0 Å². The molecule has 0 radical (unpaired) electrons. The quantitative estimate of drug-likeness (QED) is 0.633. The largest absolute Gasteiger partial charge is 0.385 e. The molecule has 0 heterocycles. The van der Waals surface area contributed by atoms with Crippen LogP contribution in [-0.2, 0) is 13.1 Å². The highest BCUT2D eigenvalue weighted by atomic mass is 15.0. The van der Waals surface area contributed by atoms with Crippen molar-refractivity contribution in [3.8, 4) is 11.1 Å². The second kappa shape index (κ2) is 7.02. The van der Waals surface area contributed by atoms with E-state index >= 15 is 0 Å². The zero-order valence-corrected chi connectivity index (χ0v) is 13.7. The average molecular weight is 310 g/mol. The average Bonchev–Trinajstić information content (AvgIpc) is 3.40. The van der Waals surface area contributed by atoms with Gasteiger partial charge in [0.2, 0.25) is 0 Å². The third kappa shape index (κ3) is 3.66. The molecule has 0 bridgehead atoms. The van der Waals surface area contributed by atoms with Crippen LogP contribution < -0.4 is 22.1 Å². The molecule has 3 rings (SSSR count). The molecule has 0 unspecified atom stereocenters. The van der Waals surface area contributed by atoms with E-state index in [2.05, 4.69) is 54.0 Å². The standard InChI is InChI=1S/C19H26N4/c1-2-22-18-7-3-13(11-20)9-16(18)17-10-14(12-21)4-8-19(17)23-15-5-6-15/h3-4,7-10,15,22-23H,2,5-6,11-12,20-21H2,1H3. The summed E-state index contributed by atoms with van der Waals surface area (Å²) in [6.07, 6.45) is 2.50. The third-order valence-electron chi connectivity index (χ3n) is 4.23. The van der Waals surface area contributed by atoms with Crippen LogP contribution in [0, 0.1) is 0 Å². The Morgan fingerprint density at radius 3 is 2.00 bits per heavy atom. The third-order valence-corrected chi connectivity index (χ3v) is 4.23. The van der Waals surface area contributed by atoms with Crippen LogP contribution in [0.15, 0.2) is 36.4 Å². The van der Waals surface area contributed by atoms with E-state index in [0.717, 1.165) is 23.4 Å². The lowest BCUT2D eigenvalue weighted by atomic mass is 9.97. The molecule has 0 amide bonds. The molecule has 0 aliphatic heterocycles. The van der Waals surface area contributed by atoms with E-state index in [1.165, 1.54) is 29.7 Å². The Balaban J connectivity index is 2.10. The van der Waals surface area contributed by atoms with E-state index in [-0.39, 0.29) is 0 Å². The van der Waals surface area contributed by atoms with Crippen molar-refractivity contribution >= 4 is 11.4 Å². The molecule has 23 heavy (non-hydrogen) atoms. The summed E-state index contributed by atoms with van der Waals surface area (Å²) in [5.41, 5.74) is 18.7. The number of benzene rings is 2. The lowest BCUT2D eigenvalue weighted by molar-refractivity contribution is 1.06. The first-order chi connectivity index (χ1) is 11.2. The van der Waals surface area contributed by atoms with E-state index in [4.69, 9.17) is 11.5 Å². The molecule has 0 saturated heterocycles. The van der Waals surface area contributed by atoms with E-state index in [1.807, 2.05) is 0 Å². The maximum Gasteiger partial charge on any atom is 0.0423 e. The number of nitrogens with two attached hydrogens (primary N) is 2. The van der Waals surface area contributed by atoms with Crippen LogP contribution in [0.3, 0.4) is 0 Å². The molecule has 4 nitrogen and oxygen atoms in total. The second-order valence-corrected chi connectivity index (χ2v) is 6.12. The summed E-state index contributed by atoms with van der Waals surface area (Å²) < 4.78 is 0. The molecule has 0 aromatic heterocycles. The van der Waals surface area contributed by atoms with Gasteiger partial charge in [0.1, 0.15) is 0 Å².